The first-order chi connectivity index (χ1) is 11.9. The number of β-amino-alcohol motifs (C(OH)–C–C–N with tert-alkyl or cyclic N) is 1. The molecule has 0 bridgehead atoms. The molecule has 134 valence electrons. The Morgan fingerprint density at radius 3 is 2.60 bits per heavy atom. The second-order valence-electron chi connectivity index (χ2n) is 5.39. The molecule has 0 fully saturated rings. The van der Waals surface area contributed by atoms with Crippen molar-refractivity contribution in [1.82, 2.24) is 4.90 Å². The zero-order valence-corrected chi connectivity index (χ0v) is 14.3. The van der Waals surface area contributed by atoms with E-state index in [1.165, 1.54) is 26.0 Å². The lowest BCUT2D eigenvalue weighted by Gasteiger charge is -2.16. The number of Topliss-reactive ketones (excluding diaryl/α,β-unsaturated/α-hetero) is 1. The summed E-state index contributed by atoms with van der Waals surface area (Å²) in [6.45, 7) is 1.37. The lowest BCUT2D eigenvalue weighted by molar-refractivity contribution is -0.136. The standard InChI is InChI=1S/C17H20N2O6/c1-10(21)11-4-5-13(14(8-11)24-2)18-15-12(17(23)25-3)9-19(6-7-20)16(15)22/h4-5,8,18,20H,6-7,9H2,1-3H3. The van der Waals surface area contributed by atoms with Crippen LogP contribution in [-0.2, 0) is 14.3 Å². The van der Waals surface area contributed by atoms with Crippen LogP contribution in [0.4, 0.5) is 5.69 Å². The highest BCUT2D eigenvalue weighted by molar-refractivity contribution is 6.08. The summed E-state index contributed by atoms with van der Waals surface area (Å²) in [5.41, 5.74) is 1.13. The highest BCUT2D eigenvalue weighted by Gasteiger charge is 2.34. The number of aliphatic hydroxyl groups is 1. The van der Waals surface area contributed by atoms with Crippen molar-refractivity contribution < 1.29 is 29.0 Å². The summed E-state index contributed by atoms with van der Waals surface area (Å²) >= 11 is 0. The predicted octanol–water partition coefficient (Wildman–Crippen LogP) is 0.571. The number of amides is 1. The molecule has 25 heavy (non-hydrogen) atoms. The van der Waals surface area contributed by atoms with Crippen molar-refractivity contribution >= 4 is 23.3 Å². The molecule has 0 atom stereocenters. The van der Waals surface area contributed by atoms with E-state index in [1.54, 1.807) is 18.2 Å². The maximum atomic E-state index is 12.5. The van der Waals surface area contributed by atoms with Crippen molar-refractivity contribution in [3.63, 3.8) is 0 Å². The van der Waals surface area contributed by atoms with E-state index < -0.39 is 11.9 Å². The summed E-state index contributed by atoms with van der Waals surface area (Å²) in [6, 6.07) is 4.74. The van der Waals surface area contributed by atoms with Crippen LogP contribution in [0.25, 0.3) is 0 Å². The van der Waals surface area contributed by atoms with Gasteiger partial charge in [-0.3, -0.25) is 9.59 Å². The third-order valence-corrected chi connectivity index (χ3v) is 3.82. The van der Waals surface area contributed by atoms with Crippen molar-refractivity contribution in [3.8, 4) is 5.75 Å². The van der Waals surface area contributed by atoms with Crippen molar-refractivity contribution in [2.24, 2.45) is 0 Å². The third-order valence-electron chi connectivity index (χ3n) is 3.82. The van der Waals surface area contributed by atoms with Crippen LogP contribution in [0.5, 0.6) is 5.75 Å². The van der Waals surface area contributed by atoms with Crippen molar-refractivity contribution in [3.05, 3.63) is 35.0 Å². The molecule has 8 nitrogen and oxygen atoms in total. The van der Waals surface area contributed by atoms with Crippen LogP contribution in [-0.4, -0.2) is 61.6 Å². The fourth-order valence-electron chi connectivity index (χ4n) is 2.50. The number of nitrogens with one attached hydrogen (secondary N) is 1. The van der Waals surface area contributed by atoms with Crippen LogP contribution < -0.4 is 10.1 Å². The quantitative estimate of drug-likeness (QED) is 0.548. The minimum atomic E-state index is -0.629. The molecule has 1 aromatic carbocycles. The first-order valence-electron chi connectivity index (χ1n) is 7.60. The van der Waals surface area contributed by atoms with Crippen LogP contribution in [0.15, 0.2) is 29.5 Å². The topological polar surface area (TPSA) is 105 Å². The second kappa shape index (κ2) is 7.80. The maximum Gasteiger partial charge on any atom is 0.337 e. The number of aliphatic hydroxyl groups excluding tert-OH is 1. The van der Waals surface area contributed by atoms with Crippen molar-refractivity contribution in [1.29, 1.82) is 0 Å². The summed E-state index contributed by atoms with van der Waals surface area (Å²) < 4.78 is 9.99. The van der Waals surface area contributed by atoms with Crippen LogP contribution in [0.3, 0.4) is 0 Å². The van der Waals surface area contributed by atoms with Gasteiger partial charge in [-0.2, -0.15) is 0 Å². The molecule has 0 unspecified atom stereocenters. The van der Waals surface area contributed by atoms with Gasteiger partial charge in [-0.1, -0.05) is 0 Å². The summed E-state index contributed by atoms with van der Waals surface area (Å²) in [4.78, 5) is 37.3. The van der Waals surface area contributed by atoms with E-state index in [9.17, 15) is 14.4 Å². The van der Waals surface area contributed by atoms with Gasteiger partial charge in [-0.25, -0.2) is 4.79 Å². The Labute approximate surface area is 145 Å². The van der Waals surface area contributed by atoms with Gasteiger partial charge in [-0.05, 0) is 25.1 Å². The van der Waals surface area contributed by atoms with Gasteiger partial charge in [0.25, 0.3) is 5.91 Å². The number of ether oxygens (including phenoxy) is 2. The number of methoxy groups -OCH3 is 2. The molecule has 0 saturated carbocycles. The average Bonchev–Trinajstić information content (AvgIpc) is 2.91. The van der Waals surface area contributed by atoms with Crippen molar-refractivity contribution in [2.45, 2.75) is 6.92 Å². The van der Waals surface area contributed by atoms with Crippen LogP contribution in [0.1, 0.15) is 17.3 Å². The summed E-state index contributed by atoms with van der Waals surface area (Å²) in [5.74, 6) is -0.814. The predicted molar refractivity (Wildman–Crippen MR) is 89.3 cm³/mol. The molecule has 8 heteroatoms. The minimum absolute atomic E-state index is 0.0439. The van der Waals surface area contributed by atoms with Gasteiger partial charge < -0.3 is 24.8 Å². The van der Waals surface area contributed by atoms with Gasteiger partial charge in [0.15, 0.2) is 5.78 Å². The zero-order valence-electron chi connectivity index (χ0n) is 14.3. The highest BCUT2D eigenvalue weighted by Crippen LogP contribution is 2.30. The molecule has 2 rings (SSSR count). The zero-order chi connectivity index (χ0) is 18.6. The van der Waals surface area contributed by atoms with Gasteiger partial charge >= 0.3 is 5.97 Å². The Hall–Kier alpha value is -2.87. The molecule has 1 aromatic rings. The molecule has 0 saturated heterocycles. The lowest BCUT2D eigenvalue weighted by atomic mass is 10.1. The fourth-order valence-corrected chi connectivity index (χ4v) is 2.50. The Morgan fingerprint density at radius 1 is 1.32 bits per heavy atom. The average molecular weight is 348 g/mol. The molecule has 0 aromatic heterocycles. The summed E-state index contributed by atoms with van der Waals surface area (Å²) in [6.07, 6.45) is 0. The second-order valence-corrected chi connectivity index (χ2v) is 5.39. The van der Waals surface area contributed by atoms with E-state index in [2.05, 4.69) is 5.32 Å². The molecule has 1 aliphatic heterocycles. The molecule has 2 N–H and O–H groups in total. The number of hydrogen-bond acceptors (Lipinski definition) is 7. The SMILES string of the molecule is COC(=O)C1=C(Nc2ccc(C(C)=O)cc2OC)C(=O)N(CCO)C1. The molecular weight excluding hydrogens is 328 g/mol. The minimum Gasteiger partial charge on any atom is -0.495 e. The smallest absolute Gasteiger partial charge is 0.337 e. The number of ketones is 1. The first kappa shape index (κ1) is 18.5. The van der Waals surface area contributed by atoms with Crippen LogP contribution in [0.2, 0.25) is 0 Å². The van der Waals surface area contributed by atoms with Gasteiger partial charge in [0.05, 0.1) is 38.6 Å². The van der Waals surface area contributed by atoms with Gasteiger partial charge in [0.2, 0.25) is 0 Å². The Morgan fingerprint density at radius 2 is 2.04 bits per heavy atom. The molecular formula is C17H20N2O6. The van der Waals surface area contributed by atoms with E-state index in [0.29, 0.717) is 17.0 Å². The molecule has 0 spiro atoms. The van der Waals surface area contributed by atoms with E-state index in [4.69, 9.17) is 14.6 Å². The number of benzene rings is 1. The van der Waals surface area contributed by atoms with E-state index >= 15 is 0 Å². The number of nitrogens with zero attached hydrogens (tertiary/aromatic N) is 1. The molecule has 0 radical (unpaired) electrons. The van der Waals surface area contributed by atoms with Crippen molar-refractivity contribution in [2.75, 3.05) is 39.2 Å². The highest BCUT2D eigenvalue weighted by atomic mass is 16.5. The number of anilines is 1. The van der Waals surface area contributed by atoms with E-state index in [1.807, 2.05) is 0 Å². The Bertz CT molecular complexity index is 741. The fraction of sp³-hybridized carbons (Fsp3) is 0.353. The van der Waals surface area contributed by atoms with Crippen LogP contribution in [0, 0.1) is 0 Å². The lowest BCUT2D eigenvalue weighted by Crippen LogP contribution is -2.31. The van der Waals surface area contributed by atoms with Crippen LogP contribution >= 0.6 is 0 Å². The van der Waals surface area contributed by atoms with E-state index in [-0.39, 0.29) is 36.7 Å². The molecule has 1 heterocycles. The maximum absolute atomic E-state index is 12.5. The van der Waals surface area contributed by atoms with E-state index in [0.717, 1.165) is 0 Å². The molecule has 0 aliphatic carbocycles. The molecule has 1 aliphatic rings. The number of carbonyl (C=O) groups excluding carboxylic acids is 3. The third kappa shape index (κ3) is 3.80. The van der Waals surface area contributed by atoms with Gasteiger partial charge in [-0.15, -0.1) is 0 Å². The van der Waals surface area contributed by atoms with Gasteiger partial charge in [0, 0.05) is 12.1 Å². The number of carbonyl (C=O) groups is 3. The van der Waals surface area contributed by atoms with Gasteiger partial charge in [0.1, 0.15) is 11.4 Å². The number of esters is 1. The summed E-state index contributed by atoms with van der Waals surface area (Å²) in [5, 5.41) is 12.0. The first-order valence-corrected chi connectivity index (χ1v) is 7.60. The normalized spacial score (nSPS) is 13.9. The largest absolute Gasteiger partial charge is 0.495 e. The molecule has 1 amide bonds. The monoisotopic (exact) mass is 348 g/mol. The Balaban J connectivity index is 2.39. The summed E-state index contributed by atoms with van der Waals surface area (Å²) in [7, 11) is 2.67. The number of hydrogen-bond donors (Lipinski definition) is 2. The number of rotatable bonds is 7. The Kier molecular flexibility index (Phi) is 5.76.